The number of aliphatic hydroxyl groups excluding tert-OH is 1. The molecular formula is C14H20O2. The van der Waals surface area contributed by atoms with Crippen molar-refractivity contribution in [3.05, 3.63) is 35.4 Å². The van der Waals surface area contributed by atoms with Crippen LogP contribution in [0.25, 0.3) is 0 Å². The monoisotopic (exact) mass is 220 g/mol. The summed E-state index contributed by atoms with van der Waals surface area (Å²) in [4.78, 5) is 0. The lowest BCUT2D eigenvalue weighted by molar-refractivity contribution is 0.0375. The van der Waals surface area contributed by atoms with Gasteiger partial charge in [0, 0.05) is 13.2 Å². The second-order valence-corrected chi connectivity index (χ2v) is 4.38. The molecule has 0 aliphatic heterocycles. The minimum atomic E-state index is 0.217. The Bertz CT molecular complexity index is 322. The van der Waals surface area contributed by atoms with Gasteiger partial charge in [-0.3, -0.25) is 0 Å². The molecule has 0 amide bonds. The lowest BCUT2D eigenvalue weighted by Crippen LogP contribution is -2.07. The SMILES string of the molecule is OCCCOC1CCCCc2ccccc21. The zero-order chi connectivity index (χ0) is 11.2. The maximum atomic E-state index is 8.77. The van der Waals surface area contributed by atoms with Crippen molar-refractivity contribution in [2.24, 2.45) is 0 Å². The van der Waals surface area contributed by atoms with E-state index in [0.717, 1.165) is 12.8 Å². The molecule has 0 saturated heterocycles. The van der Waals surface area contributed by atoms with Gasteiger partial charge in [-0.1, -0.05) is 30.7 Å². The predicted octanol–water partition coefficient (Wildman–Crippen LogP) is 2.85. The fraction of sp³-hybridized carbons (Fsp3) is 0.571. The van der Waals surface area contributed by atoms with Crippen LogP contribution < -0.4 is 0 Å². The van der Waals surface area contributed by atoms with Gasteiger partial charge in [-0.25, -0.2) is 0 Å². The van der Waals surface area contributed by atoms with Crippen molar-refractivity contribution in [2.45, 2.75) is 38.2 Å². The molecule has 2 rings (SSSR count). The highest BCUT2D eigenvalue weighted by Crippen LogP contribution is 2.31. The molecule has 0 heterocycles. The number of hydrogen-bond acceptors (Lipinski definition) is 2. The molecule has 0 saturated carbocycles. The molecule has 0 radical (unpaired) electrons. The standard InChI is InChI=1S/C14H20O2/c15-10-5-11-16-14-9-4-2-7-12-6-1-3-8-13(12)14/h1,3,6,8,14-15H,2,4-5,7,9-11H2. The van der Waals surface area contributed by atoms with Gasteiger partial charge < -0.3 is 9.84 Å². The molecule has 0 aromatic heterocycles. The summed E-state index contributed by atoms with van der Waals surface area (Å²) in [5.41, 5.74) is 2.80. The van der Waals surface area contributed by atoms with Gasteiger partial charge in [0.05, 0.1) is 6.10 Å². The minimum Gasteiger partial charge on any atom is -0.396 e. The smallest absolute Gasteiger partial charge is 0.0827 e. The first-order chi connectivity index (χ1) is 7.92. The number of benzene rings is 1. The Labute approximate surface area is 97.3 Å². The first-order valence-corrected chi connectivity index (χ1v) is 6.22. The maximum Gasteiger partial charge on any atom is 0.0827 e. The number of aliphatic hydroxyl groups is 1. The van der Waals surface area contributed by atoms with Crippen molar-refractivity contribution in [1.82, 2.24) is 0 Å². The second kappa shape index (κ2) is 6.02. The molecule has 1 atom stereocenters. The van der Waals surface area contributed by atoms with E-state index < -0.39 is 0 Å². The highest BCUT2D eigenvalue weighted by Gasteiger charge is 2.18. The number of ether oxygens (including phenoxy) is 1. The lowest BCUT2D eigenvalue weighted by atomic mass is 10.0. The van der Waals surface area contributed by atoms with Crippen molar-refractivity contribution in [3.63, 3.8) is 0 Å². The summed E-state index contributed by atoms with van der Waals surface area (Å²) in [6.45, 7) is 0.879. The molecule has 1 aromatic carbocycles. The molecule has 88 valence electrons. The van der Waals surface area contributed by atoms with Crippen LogP contribution >= 0.6 is 0 Å². The predicted molar refractivity (Wildman–Crippen MR) is 64.4 cm³/mol. The van der Waals surface area contributed by atoms with Gasteiger partial charge in [0.1, 0.15) is 0 Å². The van der Waals surface area contributed by atoms with Gasteiger partial charge in [-0.05, 0) is 36.8 Å². The normalized spacial score (nSPS) is 20.2. The summed E-state index contributed by atoms with van der Waals surface area (Å²) in [5, 5.41) is 8.77. The highest BCUT2D eigenvalue weighted by atomic mass is 16.5. The van der Waals surface area contributed by atoms with Crippen LogP contribution in [0.5, 0.6) is 0 Å². The Morgan fingerprint density at radius 1 is 1.25 bits per heavy atom. The van der Waals surface area contributed by atoms with E-state index in [9.17, 15) is 0 Å². The van der Waals surface area contributed by atoms with Crippen LogP contribution in [-0.4, -0.2) is 18.3 Å². The van der Waals surface area contributed by atoms with Crippen molar-refractivity contribution >= 4 is 0 Å². The van der Waals surface area contributed by atoms with Gasteiger partial charge in [0.2, 0.25) is 0 Å². The lowest BCUT2D eigenvalue weighted by Gasteiger charge is -2.18. The molecule has 1 unspecified atom stereocenters. The summed E-state index contributed by atoms with van der Waals surface area (Å²) in [6, 6.07) is 8.59. The molecule has 1 N–H and O–H groups in total. The summed E-state index contributed by atoms with van der Waals surface area (Å²) >= 11 is 0. The van der Waals surface area contributed by atoms with Gasteiger partial charge in [-0.2, -0.15) is 0 Å². The van der Waals surface area contributed by atoms with Crippen LogP contribution in [-0.2, 0) is 11.2 Å². The average Bonchev–Trinajstić information content (AvgIpc) is 2.52. The number of hydrogen-bond donors (Lipinski definition) is 1. The summed E-state index contributed by atoms with van der Waals surface area (Å²) < 4.78 is 5.87. The molecule has 2 heteroatoms. The van der Waals surface area contributed by atoms with E-state index in [-0.39, 0.29) is 12.7 Å². The molecular weight excluding hydrogens is 200 g/mol. The number of aryl methyl sites for hydroxylation is 1. The van der Waals surface area contributed by atoms with E-state index in [0.29, 0.717) is 6.61 Å². The highest BCUT2D eigenvalue weighted by molar-refractivity contribution is 5.30. The van der Waals surface area contributed by atoms with Crippen molar-refractivity contribution in [3.8, 4) is 0 Å². The fourth-order valence-electron chi connectivity index (χ4n) is 2.34. The van der Waals surface area contributed by atoms with Crippen molar-refractivity contribution < 1.29 is 9.84 Å². The molecule has 1 aliphatic rings. The Hall–Kier alpha value is -0.860. The maximum absolute atomic E-state index is 8.77. The Balaban J connectivity index is 2.06. The molecule has 1 aliphatic carbocycles. The number of fused-ring (bicyclic) bond motifs is 1. The average molecular weight is 220 g/mol. The van der Waals surface area contributed by atoms with Gasteiger partial charge in [-0.15, -0.1) is 0 Å². The van der Waals surface area contributed by atoms with E-state index in [1.165, 1.54) is 30.4 Å². The van der Waals surface area contributed by atoms with Crippen molar-refractivity contribution in [2.75, 3.05) is 13.2 Å². The second-order valence-electron chi connectivity index (χ2n) is 4.38. The molecule has 0 fully saturated rings. The van der Waals surface area contributed by atoms with E-state index in [2.05, 4.69) is 24.3 Å². The summed E-state index contributed by atoms with van der Waals surface area (Å²) in [7, 11) is 0. The topological polar surface area (TPSA) is 29.5 Å². The largest absolute Gasteiger partial charge is 0.396 e. The third-order valence-electron chi connectivity index (χ3n) is 3.19. The van der Waals surface area contributed by atoms with Crippen LogP contribution in [0.3, 0.4) is 0 Å². The van der Waals surface area contributed by atoms with Crippen LogP contribution in [0, 0.1) is 0 Å². The van der Waals surface area contributed by atoms with Crippen LogP contribution in [0.2, 0.25) is 0 Å². The van der Waals surface area contributed by atoms with Gasteiger partial charge in [0.15, 0.2) is 0 Å². The number of rotatable bonds is 4. The molecule has 0 bridgehead atoms. The summed E-state index contributed by atoms with van der Waals surface area (Å²) in [6.07, 6.45) is 5.76. The Kier molecular flexibility index (Phi) is 4.37. The van der Waals surface area contributed by atoms with E-state index in [1.54, 1.807) is 0 Å². The fourth-order valence-corrected chi connectivity index (χ4v) is 2.34. The van der Waals surface area contributed by atoms with E-state index in [1.807, 2.05) is 0 Å². The minimum absolute atomic E-state index is 0.217. The van der Waals surface area contributed by atoms with Crippen molar-refractivity contribution in [1.29, 1.82) is 0 Å². The third-order valence-corrected chi connectivity index (χ3v) is 3.19. The van der Waals surface area contributed by atoms with Crippen LogP contribution in [0.15, 0.2) is 24.3 Å². The Morgan fingerprint density at radius 3 is 3.00 bits per heavy atom. The quantitative estimate of drug-likeness (QED) is 0.624. The van der Waals surface area contributed by atoms with E-state index in [4.69, 9.17) is 9.84 Å². The molecule has 1 aromatic rings. The van der Waals surface area contributed by atoms with E-state index >= 15 is 0 Å². The first-order valence-electron chi connectivity index (χ1n) is 6.22. The zero-order valence-corrected chi connectivity index (χ0v) is 9.69. The first kappa shape index (κ1) is 11.6. The summed E-state index contributed by atoms with van der Waals surface area (Å²) in [5.74, 6) is 0. The van der Waals surface area contributed by atoms with Crippen LogP contribution in [0.1, 0.15) is 42.9 Å². The van der Waals surface area contributed by atoms with Crippen LogP contribution in [0.4, 0.5) is 0 Å². The van der Waals surface area contributed by atoms with Gasteiger partial charge in [0.25, 0.3) is 0 Å². The molecule has 0 spiro atoms. The third kappa shape index (κ3) is 2.83. The molecule has 16 heavy (non-hydrogen) atoms. The Morgan fingerprint density at radius 2 is 2.12 bits per heavy atom. The molecule has 2 nitrogen and oxygen atoms in total. The van der Waals surface area contributed by atoms with Gasteiger partial charge >= 0.3 is 0 Å². The zero-order valence-electron chi connectivity index (χ0n) is 9.69.